The maximum atomic E-state index is 11.5. The molecule has 0 saturated heterocycles. The van der Waals surface area contributed by atoms with E-state index in [9.17, 15) is 13.2 Å². The van der Waals surface area contributed by atoms with Crippen LogP contribution >= 0.6 is 0 Å². The zero-order valence-electron chi connectivity index (χ0n) is 10.3. The summed E-state index contributed by atoms with van der Waals surface area (Å²) < 4.78 is 22.7. The Hall–Kier alpha value is -1.40. The minimum absolute atomic E-state index is 0.130. The number of rotatable bonds is 6. The van der Waals surface area contributed by atoms with Crippen LogP contribution in [-0.2, 0) is 14.6 Å². The zero-order valence-corrected chi connectivity index (χ0v) is 11.2. The lowest BCUT2D eigenvalue weighted by molar-refractivity contribution is -0.116. The molecule has 0 heterocycles. The van der Waals surface area contributed by atoms with Gasteiger partial charge in [0.2, 0.25) is 5.91 Å². The van der Waals surface area contributed by atoms with E-state index in [1.165, 1.54) is 12.1 Å². The molecule has 0 aliphatic rings. The van der Waals surface area contributed by atoms with E-state index in [1.54, 1.807) is 12.1 Å². The molecule has 18 heavy (non-hydrogen) atoms. The summed E-state index contributed by atoms with van der Waals surface area (Å²) in [6.45, 7) is 0.566. The lowest BCUT2D eigenvalue weighted by atomic mass is 10.2. The molecule has 0 unspecified atom stereocenters. The molecule has 1 aromatic rings. The second-order valence-electron chi connectivity index (χ2n) is 4.09. The molecular weight excluding hydrogens is 252 g/mol. The molecule has 0 aromatic heterocycles. The van der Waals surface area contributed by atoms with Gasteiger partial charge < -0.3 is 11.1 Å². The van der Waals surface area contributed by atoms with Crippen LogP contribution in [0.15, 0.2) is 29.2 Å². The predicted octanol–water partition coefficient (Wildman–Crippen LogP) is 1.16. The summed E-state index contributed by atoms with van der Waals surface area (Å²) in [5.74, 6) is -0.130. The number of carbonyl (C=O) groups excluding carboxylic acids is 1. The van der Waals surface area contributed by atoms with Crippen molar-refractivity contribution in [2.45, 2.75) is 24.2 Å². The molecule has 3 N–H and O–H groups in total. The number of hydrogen-bond acceptors (Lipinski definition) is 4. The van der Waals surface area contributed by atoms with Gasteiger partial charge in [-0.05, 0) is 37.6 Å². The van der Waals surface area contributed by atoms with Crippen LogP contribution in [0.1, 0.15) is 19.3 Å². The van der Waals surface area contributed by atoms with Crippen molar-refractivity contribution in [1.82, 2.24) is 0 Å². The van der Waals surface area contributed by atoms with E-state index in [0.29, 0.717) is 18.7 Å². The number of anilines is 1. The molecule has 1 aromatic carbocycles. The predicted molar refractivity (Wildman–Crippen MR) is 71.1 cm³/mol. The highest BCUT2D eigenvalue weighted by Crippen LogP contribution is 2.15. The maximum Gasteiger partial charge on any atom is 0.224 e. The molecular formula is C12H18N2O3S. The summed E-state index contributed by atoms with van der Waals surface area (Å²) in [4.78, 5) is 11.7. The number of nitrogens with one attached hydrogen (secondary N) is 1. The van der Waals surface area contributed by atoms with Crippen LogP contribution in [0, 0.1) is 0 Å². The number of carbonyl (C=O) groups is 1. The van der Waals surface area contributed by atoms with Crippen LogP contribution in [0.3, 0.4) is 0 Å². The first kappa shape index (κ1) is 14.7. The third-order valence-electron chi connectivity index (χ3n) is 2.40. The number of unbranched alkanes of at least 4 members (excludes halogenated alkanes) is 1. The Morgan fingerprint density at radius 1 is 1.33 bits per heavy atom. The number of hydrogen-bond donors (Lipinski definition) is 2. The Bertz CT molecular complexity index is 512. The topological polar surface area (TPSA) is 89.3 Å². The third kappa shape index (κ3) is 4.85. The van der Waals surface area contributed by atoms with Crippen molar-refractivity contribution in [3.8, 4) is 0 Å². The standard InChI is InChI=1S/C12H18N2O3S/c1-18(16,17)11-6-4-5-10(9-11)14-12(15)7-2-3-8-13/h4-6,9H,2-3,7-8,13H2,1H3,(H,14,15). The normalized spacial score (nSPS) is 11.2. The van der Waals surface area contributed by atoms with Crippen molar-refractivity contribution in [3.63, 3.8) is 0 Å². The second-order valence-corrected chi connectivity index (χ2v) is 6.11. The Balaban J connectivity index is 2.65. The van der Waals surface area contributed by atoms with E-state index in [2.05, 4.69) is 5.32 Å². The van der Waals surface area contributed by atoms with E-state index in [-0.39, 0.29) is 10.8 Å². The highest BCUT2D eigenvalue weighted by molar-refractivity contribution is 7.90. The molecule has 1 rings (SSSR count). The lowest BCUT2D eigenvalue weighted by Gasteiger charge is -2.06. The van der Waals surface area contributed by atoms with Gasteiger partial charge in [0, 0.05) is 18.4 Å². The van der Waals surface area contributed by atoms with E-state index in [0.717, 1.165) is 19.1 Å². The SMILES string of the molecule is CS(=O)(=O)c1cccc(NC(=O)CCCCN)c1. The van der Waals surface area contributed by atoms with Crippen LogP contribution in [0.4, 0.5) is 5.69 Å². The molecule has 0 radical (unpaired) electrons. The minimum Gasteiger partial charge on any atom is -0.330 e. The van der Waals surface area contributed by atoms with Gasteiger partial charge >= 0.3 is 0 Å². The number of benzene rings is 1. The van der Waals surface area contributed by atoms with Crippen LogP contribution in [0.5, 0.6) is 0 Å². The van der Waals surface area contributed by atoms with Crippen molar-refractivity contribution >= 4 is 21.4 Å². The van der Waals surface area contributed by atoms with Gasteiger partial charge in [0.25, 0.3) is 0 Å². The summed E-state index contributed by atoms with van der Waals surface area (Å²) in [5, 5.41) is 2.67. The number of sulfone groups is 1. The summed E-state index contributed by atoms with van der Waals surface area (Å²) in [6.07, 6.45) is 3.06. The van der Waals surface area contributed by atoms with Crippen LogP contribution in [0.25, 0.3) is 0 Å². The van der Waals surface area contributed by atoms with Gasteiger partial charge in [0.05, 0.1) is 4.90 Å². The highest BCUT2D eigenvalue weighted by Gasteiger charge is 2.08. The molecule has 0 saturated carbocycles. The quantitative estimate of drug-likeness (QED) is 0.759. The first-order chi connectivity index (χ1) is 8.43. The fourth-order valence-electron chi connectivity index (χ4n) is 1.46. The van der Waals surface area contributed by atoms with Gasteiger partial charge in [-0.1, -0.05) is 6.07 Å². The average molecular weight is 270 g/mol. The van der Waals surface area contributed by atoms with Crippen molar-refractivity contribution in [1.29, 1.82) is 0 Å². The minimum atomic E-state index is -3.25. The van der Waals surface area contributed by atoms with E-state index < -0.39 is 9.84 Å². The maximum absolute atomic E-state index is 11.5. The van der Waals surface area contributed by atoms with Gasteiger partial charge in [0.15, 0.2) is 9.84 Å². The molecule has 0 bridgehead atoms. The summed E-state index contributed by atoms with van der Waals surface area (Å²) in [6, 6.07) is 6.22. The monoisotopic (exact) mass is 270 g/mol. The van der Waals surface area contributed by atoms with Crippen LogP contribution < -0.4 is 11.1 Å². The Kier molecular flexibility index (Phi) is 5.30. The first-order valence-electron chi connectivity index (χ1n) is 5.73. The fraction of sp³-hybridized carbons (Fsp3) is 0.417. The van der Waals surface area contributed by atoms with E-state index in [1.807, 2.05) is 0 Å². The largest absolute Gasteiger partial charge is 0.330 e. The zero-order chi connectivity index (χ0) is 13.6. The van der Waals surface area contributed by atoms with Crippen LogP contribution in [-0.4, -0.2) is 27.1 Å². The molecule has 100 valence electrons. The van der Waals surface area contributed by atoms with Gasteiger partial charge in [-0.3, -0.25) is 4.79 Å². The lowest BCUT2D eigenvalue weighted by Crippen LogP contribution is -2.12. The molecule has 0 fully saturated rings. The fourth-order valence-corrected chi connectivity index (χ4v) is 2.12. The van der Waals surface area contributed by atoms with Crippen LogP contribution in [0.2, 0.25) is 0 Å². The van der Waals surface area contributed by atoms with Crippen molar-refractivity contribution in [2.24, 2.45) is 5.73 Å². The molecule has 0 spiro atoms. The average Bonchev–Trinajstić information content (AvgIpc) is 2.28. The van der Waals surface area contributed by atoms with Gasteiger partial charge in [-0.15, -0.1) is 0 Å². The van der Waals surface area contributed by atoms with Gasteiger partial charge in [0.1, 0.15) is 0 Å². The Morgan fingerprint density at radius 3 is 2.67 bits per heavy atom. The molecule has 5 nitrogen and oxygen atoms in total. The van der Waals surface area contributed by atoms with Crippen molar-refractivity contribution in [3.05, 3.63) is 24.3 Å². The number of amides is 1. The number of nitrogens with two attached hydrogens (primary N) is 1. The van der Waals surface area contributed by atoms with Crippen molar-refractivity contribution < 1.29 is 13.2 Å². The summed E-state index contributed by atoms with van der Waals surface area (Å²) in [7, 11) is -3.25. The molecule has 6 heteroatoms. The van der Waals surface area contributed by atoms with E-state index in [4.69, 9.17) is 5.73 Å². The van der Waals surface area contributed by atoms with E-state index >= 15 is 0 Å². The smallest absolute Gasteiger partial charge is 0.224 e. The molecule has 0 aliphatic carbocycles. The molecule has 0 aliphatic heterocycles. The summed E-state index contributed by atoms with van der Waals surface area (Å²) >= 11 is 0. The van der Waals surface area contributed by atoms with Gasteiger partial charge in [-0.2, -0.15) is 0 Å². The van der Waals surface area contributed by atoms with Crippen molar-refractivity contribution in [2.75, 3.05) is 18.1 Å². The molecule has 1 amide bonds. The third-order valence-corrected chi connectivity index (χ3v) is 3.51. The first-order valence-corrected chi connectivity index (χ1v) is 7.62. The Labute approximate surface area is 107 Å². The second kappa shape index (κ2) is 6.51. The molecule has 0 atom stereocenters. The highest BCUT2D eigenvalue weighted by atomic mass is 32.2. The summed E-state index contributed by atoms with van der Waals surface area (Å²) in [5.41, 5.74) is 5.83. The Morgan fingerprint density at radius 2 is 2.06 bits per heavy atom. The van der Waals surface area contributed by atoms with Gasteiger partial charge in [-0.25, -0.2) is 8.42 Å².